The Bertz CT molecular complexity index is 892. The zero-order valence-corrected chi connectivity index (χ0v) is 17.8. The molecule has 2 aliphatic rings. The third-order valence-corrected chi connectivity index (χ3v) is 6.55. The normalized spacial score (nSPS) is 20.8. The summed E-state index contributed by atoms with van der Waals surface area (Å²) in [6, 6.07) is 10.3. The number of benzene rings is 1. The average molecular weight is 410 g/mol. The van der Waals surface area contributed by atoms with E-state index in [1.54, 1.807) is 0 Å². The van der Waals surface area contributed by atoms with Gasteiger partial charge in [-0.2, -0.15) is 5.10 Å². The van der Waals surface area contributed by atoms with Gasteiger partial charge in [0.05, 0.1) is 12.0 Å². The van der Waals surface area contributed by atoms with Gasteiger partial charge < -0.3 is 9.64 Å². The van der Waals surface area contributed by atoms with Crippen molar-refractivity contribution in [2.45, 2.75) is 58.3 Å². The molecule has 160 valence electrons. The van der Waals surface area contributed by atoms with Gasteiger partial charge in [0.2, 0.25) is 0 Å². The molecule has 1 N–H and O–H groups in total. The Morgan fingerprint density at radius 2 is 2.03 bits per heavy atom. The van der Waals surface area contributed by atoms with Gasteiger partial charge >= 0.3 is 5.97 Å². The van der Waals surface area contributed by atoms with Gasteiger partial charge in [0.15, 0.2) is 5.69 Å². The lowest BCUT2D eigenvalue weighted by atomic mass is 9.75. The van der Waals surface area contributed by atoms with E-state index in [1.807, 2.05) is 30.0 Å². The van der Waals surface area contributed by atoms with Crippen molar-refractivity contribution in [3.63, 3.8) is 0 Å². The summed E-state index contributed by atoms with van der Waals surface area (Å²) in [6.07, 6.45) is 7.04. The van der Waals surface area contributed by atoms with Crippen LogP contribution in [0.3, 0.4) is 0 Å². The SMILES string of the molecule is CCOC(=O)[C@@]1(CCCc2ccccc2)CCCN(C(=O)c2n[nH]c3c2CCC3)C1. The molecule has 1 aliphatic heterocycles. The van der Waals surface area contributed by atoms with Crippen molar-refractivity contribution in [3.05, 3.63) is 52.8 Å². The van der Waals surface area contributed by atoms with Crippen LogP contribution in [-0.4, -0.2) is 46.7 Å². The van der Waals surface area contributed by atoms with E-state index in [1.165, 1.54) is 5.56 Å². The second-order valence-electron chi connectivity index (χ2n) is 8.55. The molecule has 1 amide bonds. The molecule has 0 bridgehead atoms. The number of carbonyl (C=O) groups excluding carboxylic acids is 2. The Kier molecular flexibility index (Phi) is 6.21. The molecule has 0 radical (unpaired) electrons. The standard InChI is InChI=1S/C24H31N3O3/c1-2-30-23(29)24(14-7-11-18-9-4-3-5-10-18)15-8-16-27(17-24)22(28)21-19-12-6-13-20(19)25-26-21/h3-5,9-10H,2,6-8,11-17H2,1H3,(H,25,26)/t24-/m0/s1. The van der Waals surface area contributed by atoms with Crippen LogP contribution in [0.1, 0.15) is 66.3 Å². The Labute approximate surface area is 178 Å². The highest BCUT2D eigenvalue weighted by Crippen LogP contribution is 2.37. The van der Waals surface area contributed by atoms with Crippen LogP contribution in [0.15, 0.2) is 30.3 Å². The molecule has 1 aromatic carbocycles. The quantitative estimate of drug-likeness (QED) is 0.708. The zero-order valence-electron chi connectivity index (χ0n) is 17.8. The highest BCUT2D eigenvalue weighted by molar-refractivity contribution is 5.94. The van der Waals surface area contributed by atoms with Crippen LogP contribution in [0.5, 0.6) is 0 Å². The number of H-pyrrole nitrogens is 1. The topological polar surface area (TPSA) is 75.3 Å². The van der Waals surface area contributed by atoms with Gasteiger partial charge in [0, 0.05) is 24.3 Å². The number of rotatable bonds is 7. The molecule has 4 rings (SSSR count). The smallest absolute Gasteiger partial charge is 0.313 e. The van der Waals surface area contributed by atoms with Gasteiger partial charge in [-0.1, -0.05) is 30.3 Å². The molecule has 6 heteroatoms. The summed E-state index contributed by atoms with van der Waals surface area (Å²) in [6.45, 7) is 3.29. The monoisotopic (exact) mass is 409 g/mol. The highest BCUT2D eigenvalue weighted by atomic mass is 16.5. The minimum absolute atomic E-state index is 0.0502. The minimum atomic E-state index is -0.627. The van der Waals surface area contributed by atoms with E-state index in [0.717, 1.165) is 62.6 Å². The van der Waals surface area contributed by atoms with Crippen LogP contribution in [0.4, 0.5) is 0 Å². The molecular weight excluding hydrogens is 378 g/mol. The fraction of sp³-hybridized carbons (Fsp3) is 0.542. The number of piperidine rings is 1. The van der Waals surface area contributed by atoms with Crippen LogP contribution in [0.25, 0.3) is 0 Å². The van der Waals surface area contributed by atoms with Crippen LogP contribution >= 0.6 is 0 Å². The van der Waals surface area contributed by atoms with Crippen LogP contribution < -0.4 is 0 Å². The van der Waals surface area contributed by atoms with Gasteiger partial charge in [0.1, 0.15) is 0 Å². The number of nitrogens with one attached hydrogen (secondary N) is 1. The number of esters is 1. The van der Waals surface area contributed by atoms with Crippen molar-refractivity contribution in [3.8, 4) is 0 Å². The van der Waals surface area contributed by atoms with Gasteiger partial charge in [-0.05, 0) is 63.9 Å². The fourth-order valence-electron chi connectivity index (χ4n) is 4.98. The summed E-state index contributed by atoms with van der Waals surface area (Å²) in [7, 11) is 0. The molecule has 0 saturated carbocycles. The molecule has 30 heavy (non-hydrogen) atoms. The van der Waals surface area contributed by atoms with Gasteiger partial charge in [-0.3, -0.25) is 14.7 Å². The number of aryl methyl sites for hydroxylation is 2. The number of ether oxygens (including phenoxy) is 1. The van der Waals surface area contributed by atoms with E-state index < -0.39 is 5.41 Å². The molecule has 1 fully saturated rings. The minimum Gasteiger partial charge on any atom is -0.466 e. The number of nitrogens with zero attached hydrogens (tertiary/aromatic N) is 2. The molecule has 0 spiro atoms. The summed E-state index contributed by atoms with van der Waals surface area (Å²) >= 11 is 0. The Balaban J connectivity index is 1.49. The summed E-state index contributed by atoms with van der Waals surface area (Å²) in [5.41, 5.74) is 3.35. The predicted molar refractivity (Wildman–Crippen MR) is 114 cm³/mol. The van der Waals surface area contributed by atoms with Crippen molar-refractivity contribution >= 4 is 11.9 Å². The summed E-state index contributed by atoms with van der Waals surface area (Å²) < 4.78 is 5.48. The Hall–Kier alpha value is -2.63. The lowest BCUT2D eigenvalue weighted by Crippen LogP contribution is -2.50. The van der Waals surface area contributed by atoms with Crippen molar-refractivity contribution < 1.29 is 14.3 Å². The molecule has 1 atom stereocenters. The summed E-state index contributed by atoms with van der Waals surface area (Å²) in [4.78, 5) is 28.1. The first-order valence-corrected chi connectivity index (χ1v) is 11.2. The molecular formula is C24H31N3O3. The Morgan fingerprint density at radius 3 is 2.83 bits per heavy atom. The average Bonchev–Trinajstić information content (AvgIpc) is 3.38. The number of aromatic amines is 1. The molecule has 1 aliphatic carbocycles. The number of amides is 1. The first kappa shape index (κ1) is 20.6. The zero-order chi connectivity index (χ0) is 21.0. The van der Waals surface area contributed by atoms with E-state index in [2.05, 4.69) is 22.3 Å². The molecule has 6 nitrogen and oxygen atoms in total. The largest absolute Gasteiger partial charge is 0.466 e. The predicted octanol–water partition coefficient (Wildman–Crippen LogP) is 3.71. The second kappa shape index (κ2) is 9.02. The molecule has 2 aromatic rings. The number of likely N-dealkylation sites (tertiary alicyclic amines) is 1. The fourth-order valence-corrected chi connectivity index (χ4v) is 4.98. The lowest BCUT2D eigenvalue weighted by molar-refractivity contribution is -0.159. The van der Waals surface area contributed by atoms with Crippen molar-refractivity contribution in [1.82, 2.24) is 15.1 Å². The molecule has 0 unspecified atom stereocenters. The number of hydrogen-bond donors (Lipinski definition) is 1. The van der Waals surface area contributed by atoms with E-state index >= 15 is 0 Å². The van der Waals surface area contributed by atoms with Gasteiger partial charge in [-0.15, -0.1) is 0 Å². The van der Waals surface area contributed by atoms with E-state index in [4.69, 9.17) is 4.74 Å². The first-order chi connectivity index (χ1) is 14.6. The van der Waals surface area contributed by atoms with Gasteiger partial charge in [0.25, 0.3) is 5.91 Å². The summed E-state index contributed by atoms with van der Waals surface area (Å²) in [5, 5.41) is 7.34. The number of fused-ring (bicyclic) bond motifs is 1. The van der Waals surface area contributed by atoms with E-state index in [9.17, 15) is 9.59 Å². The molecule has 1 saturated heterocycles. The van der Waals surface area contributed by atoms with Crippen LogP contribution in [0, 0.1) is 5.41 Å². The molecule has 2 heterocycles. The van der Waals surface area contributed by atoms with Crippen molar-refractivity contribution in [2.75, 3.05) is 19.7 Å². The van der Waals surface area contributed by atoms with Crippen molar-refractivity contribution in [1.29, 1.82) is 0 Å². The van der Waals surface area contributed by atoms with Gasteiger partial charge in [-0.25, -0.2) is 0 Å². The second-order valence-corrected chi connectivity index (χ2v) is 8.55. The maximum Gasteiger partial charge on any atom is 0.313 e. The van der Waals surface area contributed by atoms with Crippen LogP contribution in [0.2, 0.25) is 0 Å². The molecule has 1 aromatic heterocycles. The highest BCUT2D eigenvalue weighted by Gasteiger charge is 2.45. The maximum atomic E-state index is 13.3. The summed E-state index contributed by atoms with van der Waals surface area (Å²) in [5.74, 6) is -0.214. The number of carbonyl (C=O) groups is 2. The maximum absolute atomic E-state index is 13.3. The third-order valence-electron chi connectivity index (χ3n) is 6.55. The Morgan fingerprint density at radius 1 is 1.20 bits per heavy atom. The third kappa shape index (κ3) is 4.13. The van der Waals surface area contributed by atoms with E-state index in [-0.39, 0.29) is 11.9 Å². The lowest BCUT2D eigenvalue weighted by Gasteiger charge is -2.41. The van der Waals surface area contributed by atoms with Crippen molar-refractivity contribution in [2.24, 2.45) is 5.41 Å². The first-order valence-electron chi connectivity index (χ1n) is 11.2. The number of aromatic nitrogens is 2. The van der Waals surface area contributed by atoms with E-state index in [0.29, 0.717) is 25.4 Å². The van der Waals surface area contributed by atoms with Crippen LogP contribution in [-0.2, 0) is 28.8 Å². The number of hydrogen-bond acceptors (Lipinski definition) is 4.